The summed E-state index contributed by atoms with van der Waals surface area (Å²) in [5.41, 5.74) is 2.08. The van der Waals surface area contributed by atoms with Gasteiger partial charge in [0.1, 0.15) is 5.75 Å². The molecule has 0 bridgehead atoms. The minimum atomic E-state index is -3.75. The van der Waals surface area contributed by atoms with Crippen LogP contribution in [0.5, 0.6) is 5.75 Å². The number of esters is 1. The lowest BCUT2D eigenvalue weighted by atomic mass is 10.1. The molecule has 0 aliphatic rings. The molecule has 0 atom stereocenters. The minimum absolute atomic E-state index is 0.0733. The Balaban J connectivity index is 1.67. The Morgan fingerprint density at radius 2 is 1.69 bits per heavy atom. The van der Waals surface area contributed by atoms with E-state index >= 15 is 0 Å². The second-order valence-corrected chi connectivity index (χ2v) is 8.57. The highest BCUT2D eigenvalue weighted by atomic mass is 79.9. The Kier molecular flexibility index (Phi) is 6.19. The molecule has 0 aliphatic carbocycles. The zero-order chi connectivity index (χ0) is 21.0. The molecule has 1 N–H and O–H groups in total. The van der Waals surface area contributed by atoms with Gasteiger partial charge in [0.2, 0.25) is 5.76 Å². The van der Waals surface area contributed by atoms with Crippen LogP contribution < -0.4 is 9.57 Å². The number of halogens is 1. The van der Waals surface area contributed by atoms with Gasteiger partial charge in [-0.2, -0.15) is 18.4 Å². The predicted octanol–water partition coefficient (Wildman–Crippen LogP) is 4.27. The molecular formula is C20H17BrN2O5S. The fraction of sp³-hybridized carbons (Fsp3) is 0.100. The van der Waals surface area contributed by atoms with Crippen LogP contribution in [0.15, 0.2) is 79.7 Å². The summed E-state index contributed by atoms with van der Waals surface area (Å²) >= 11 is 3.12. The van der Waals surface area contributed by atoms with Gasteiger partial charge in [-0.1, -0.05) is 17.7 Å². The lowest BCUT2D eigenvalue weighted by molar-refractivity contribution is 0.0700. The minimum Gasteiger partial charge on any atom is -0.442 e. The average Bonchev–Trinajstić information content (AvgIpc) is 3.14. The summed E-state index contributed by atoms with van der Waals surface area (Å²) in [6.07, 6.45) is 0. The first-order valence-electron chi connectivity index (χ1n) is 8.45. The first kappa shape index (κ1) is 20.8. The largest absolute Gasteiger partial charge is 0.442 e. The molecule has 0 unspecified atom stereocenters. The molecule has 3 aromatic rings. The van der Waals surface area contributed by atoms with Crippen molar-refractivity contribution < 1.29 is 22.4 Å². The summed E-state index contributed by atoms with van der Waals surface area (Å²) in [7, 11) is -3.75. The van der Waals surface area contributed by atoms with E-state index < -0.39 is 16.0 Å². The van der Waals surface area contributed by atoms with Crippen molar-refractivity contribution in [1.82, 2.24) is 4.83 Å². The Bertz CT molecular complexity index is 1150. The molecule has 0 saturated carbocycles. The van der Waals surface area contributed by atoms with Gasteiger partial charge in [0.15, 0.2) is 4.67 Å². The van der Waals surface area contributed by atoms with Crippen LogP contribution in [0.3, 0.4) is 0 Å². The van der Waals surface area contributed by atoms with Crippen LogP contribution in [0.1, 0.15) is 28.6 Å². The van der Waals surface area contributed by atoms with Crippen molar-refractivity contribution in [3.05, 3.63) is 82.2 Å². The predicted molar refractivity (Wildman–Crippen MR) is 112 cm³/mol. The maximum Gasteiger partial charge on any atom is 0.379 e. The van der Waals surface area contributed by atoms with E-state index in [2.05, 4.69) is 25.9 Å². The summed E-state index contributed by atoms with van der Waals surface area (Å²) in [5, 5.41) is 3.96. The molecule has 2 aromatic carbocycles. The van der Waals surface area contributed by atoms with Gasteiger partial charge in [0, 0.05) is 0 Å². The third-order valence-corrected chi connectivity index (χ3v) is 5.57. The topological polar surface area (TPSA) is 98.0 Å². The van der Waals surface area contributed by atoms with Crippen molar-refractivity contribution in [3.8, 4) is 5.75 Å². The van der Waals surface area contributed by atoms with Gasteiger partial charge in [-0.25, -0.2) is 4.79 Å². The molecule has 9 heteroatoms. The number of carbonyl (C=O) groups excluding carboxylic acids is 1. The number of hydrogen-bond acceptors (Lipinski definition) is 6. The Morgan fingerprint density at radius 3 is 2.28 bits per heavy atom. The Morgan fingerprint density at radius 1 is 1.03 bits per heavy atom. The quantitative estimate of drug-likeness (QED) is 0.248. The molecule has 1 aromatic heterocycles. The normalized spacial score (nSPS) is 11.9. The van der Waals surface area contributed by atoms with Gasteiger partial charge in [-0.05, 0) is 83.9 Å². The van der Waals surface area contributed by atoms with Crippen LogP contribution in [0, 0.1) is 6.92 Å². The van der Waals surface area contributed by atoms with E-state index in [1.54, 1.807) is 49.4 Å². The van der Waals surface area contributed by atoms with Crippen molar-refractivity contribution in [2.24, 2.45) is 5.10 Å². The molecule has 0 saturated heterocycles. The van der Waals surface area contributed by atoms with Gasteiger partial charge in [0.05, 0.1) is 10.6 Å². The number of rotatable bonds is 6. The highest BCUT2D eigenvalue weighted by Gasteiger charge is 2.14. The average molecular weight is 477 g/mol. The van der Waals surface area contributed by atoms with Crippen LogP contribution in [-0.4, -0.2) is 20.1 Å². The molecule has 0 spiro atoms. The number of furan rings is 1. The number of sulfonamides is 1. The van der Waals surface area contributed by atoms with E-state index in [1.165, 1.54) is 18.2 Å². The third-order valence-electron chi connectivity index (χ3n) is 3.92. The number of benzene rings is 2. The third kappa shape index (κ3) is 5.33. The molecule has 29 heavy (non-hydrogen) atoms. The second-order valence-electron chi connectivity index (χ2n) is 6.12. The zero-order valence-corrected chi connectivity index (χ0v) is 18.0. The van der Waals surface area contributed by atoms with Gasteiger partial charge in [0.25, 0.3) is 10.0 Å². The van der Waals surface area contributed by atoms with Gasteiger partial charge in [-0.3, -0.25) is 0 Å². The lowest BCUT2D eigenvalue weighted by Crippen LogP contribution is -2.20. The number of hydrazone groups is 1. The fourth-order valence-electron chi connectivity index (χ4n) is 2.31. The summed E-state index contributed by atoms with van der Waals surface area (Å²) in [5.74, 6) is -0.233. The molecular weight excluding hydrogens is 460 g/mol. The highest BCUT2D eigenvalue weighted by molar-refractivity contribution is 9.10. The van der Waals surface area contributed by atoms with Crippen molar-refractivity contribution >= 4 is 37.6 Å². The maximum absolute atomic E-state index is 12.3. The van der Waals surface area contributed by atoms with Crippen molar-refractivity contribution in [2.75, 3.05) is 0 Å². The summed E-state index contributed by atoms with van der Waals surface area (Å²) in [4.78, 5) is 14.3. The van der Waals surface area contributed by atoms with Crippen LogP contribution in [0.25, 0.3) is 0 Å². The molecule has 150 valence electrons. The Labute approximate surface area is 176 Å². The lowest BCUT2D eigenvalue weighted by Gasteiger charge is -2.07. The second kappa shape index (κ2) is 8.62. The summed E-state index contributed by atoms with van der Waals surface area (Å²) < 4.78 is 35.4. The van der Waals surface area contributed by atoms with Crippen LogP contribution in [0.2, 0.25) is 0 Å². The molecule has 0 aliphatic heterocycles. The molecule has 0 fully saturated rings. The van der Waals surface area contributed by atoms with Crippen LogP contribution >= 0.6 is 15.9 Å². The number of hydrogen-bond donors (Lipinski definition) is 1. The molecule has 0 radical (unpaired) electrons. The molecule has 0 amide bonds. The van der Waals surface area contributed by atoms with Crippen LogP contribution in [0.4, 0.5) is 0 Å². The maximum atomic E-state index is 12.3. The fourth-order valence-corrected chi connectivity index (χ4v) is 3.47. The van der Waals surface area contributed by atoms with E-state index in [9.17, 15) is 13.2 Å². The SMILES string of the molecule is C/C(=N/NS(=O)(=O)c1ccc(C)cc1)c1ccc(OC(=O)c2ccc(Br)o2)cc1. The summed E-state index contributed by atoms with van der Waals surface area (Å²) in [6.45, 7) is 3.54. The van der Waals surface area contributed by atoms with E-state index in [4.69, 9.17) is 9.15 Å². The number of nitrogens with zero attached hydrogens (tertiary/aromatic N) is 1. The van der Waals surface area contributed by atoms with E-state index in [1.807, 2.05) is 6.92 Å². The van der Waals surface area contributed by atoms with Crippen LogP contribution in [-0.2, 0) is 10.0 Å². The molecule has 3 rings (SSSR count). The first-order chi connectivity index (χ1) is 13.7. The van der Waals surface area contributed by atoms with Crippen molar-refractivity contribution in [3.63, 3.8) is 0 Å². The number of aryl methyl sites for hydroxylation is 1. The highest BCUT2D eigenvalue weighted by Crippen LogP contribution is 2.18. The number of nitrogens with one attached hydrogen (secondary N) is 1. The summed E-state index contributed by atoms with van der Waals surface area (Å²) in [6, 6.07) is 16.1. The smallest absolute Gasteiger partial charge is 0.379 e. The zero-order valence-electron chi connectivity index (χ0n) is 15.5. The van der Waals surface area contributed by atoms with Gasteiger partial charge < -0.3 is 9.15 Å². The standard InChI is InChI=1S/C20H17BrN2O5S/c1-13-3-9-17(10-4-13)29(25,26)23-22-14(2)15-5-7-16(8-6-15)27-20(24)18-11-12-19(21)28-18/h3-12,23H,1-2H3/b22-14-. The van der Waals surface area contributed by atoms with Crippen molar-refractivity contribution in [2.45, 2.75) is 18.7 Å². The van der Waals surface area contributed by atoms with Gasteiger partial charge in [-0.15, -0.1) is 0 Å². The first-order valence-corrected chi connectivity index (χ1v) is 10.7. The monoisotopic (exact) mass is 476 g/mol. The van der Waals surface area contributed by atoms with E-state index in [0.717, 1.165) is 5.56 Å². The number of ether oxygens (including phenoxy) is 1. The van der Waals surface area contributed by atoms with E-state index in [0.29, 0.717) is 21.7 Å². The Hall–Kier alpha value is -2.91. The van der Waals surface area contributed by atoms with Crippen molar-refractivity contribution in [1.29, 1.82) is 0 Å². The molecule has 7 nitrogen and oxygen atoms in total. The number of carbonyl (C=O) groups is 1. The van der Waals surface area contributed by atoms with Gasteiger partial charge >= 0.3 is 5.97 Å². The molecule has 1 heterocycles. The van der Waals surface area contributed by atoms with E-state index in [-0.39, 0.29) is 10.7 Å².